The van der Waals surface area contributed by atoms with Gasteiger partial charge in [0.25, 0.3) is 11.8 Å². The van der Waals surface area contributed by atoms with Crippen LogP contribution in [-0.4, -0.2) is 57.6 Å². The molecule has 3 amide bonds. The Morgan fingerprint density at radius 3 is 2.44 bits per heavy atom. The zero-order valence-corrected chi connectivity index (χ0v) is 20.8. The van der Waals surface area contributed by atoms with Gasteiger partial charge in [0.1, 0.15) is 17.0 Å². The smallest absolute Gasteiger partial charge is 0.272 e. The van der Waals surface area contributed by atoms with Crippen molar-refractivity contribution >= 4 is 17.7 Å². The molecule has 2 N–H and O–H groups in total. The van der Waals surface area contributed by atoms with E-state index in [2.05, 4.69) is 29.6 Å². The van der Waals surface area contributed by atoms with Gasteiger partial charge in [0.15, 0.2) is 5.69 Å². The highest BCUT2D eigenvalue weighted by Gasteiger charge is 2.46. The minimum atomic E-state index is -1.10. The quantitative estimate of drug-likeness (QED) is 0.587. The number of hydrogen-bond donors (Lipinski definition) is 2. The van der Waals surface area contributed by atoms with Crippen molar-refractivity contribution in [1.29, 1.82) is 0 Å². The van der Waals surface area contributed by atoms with Crippen molar-refractivity contribution in [2.45, 2.75) is 65.8 Å². The molecule has 3 rings (SSSR count). The van der Waals surface area contributed by atoms with E-state index in [0.717, 1.165) is 17.7 Å². The van der Waals surface area contributed by atoms with Gasteiger partial charge >= 0.3 is 0 Å². The van der Waals surface area contributed by atoms with Crippen LogP contribution in [0.3, 0.4) is 0 Å². The zero-order valence-electron chi connectivity index (χ0n) is 20.8. The van der Waals surface area contributed by atoms with Crippen molar-refractivity contribution in [3.63, 3.8) is 0 Å². The number of likely N-dealkylation sites (N-methyl/N-ethyl adjacent to an activating group) is 1. The molecular formula is C25H35N5O4. The molecule has 9 nitrogen and oxygen atoms in total. The molecule has 34 heavy (non-hydrogen) atoms. The fourth-order valence-electron chi connectivity index (χ4n) is 3.73. The molecule has 1 aromatic carbocycles. The first-order chi connectivity index (χ1) is 16.0. The molecule has 1 aliphatic heterocycles. The Labute approximate surface area is 200 Å². The Hall–Kier alpha value is -3.36. The monoisotopic (exact) mass is 469 g/mol. The highest BCUT2D eigenvalue weighted by atomic mass is 16.5. The van der Waals surface area contributed by atoms with Crippen LogP contribution in [0.5, 0.6) is 5.75 Å². The summed E-state index contributed by atoms with van der Waals surface area (Å²) in [5, 5.41) is 10.1. The molecule has 0 aliphatic carbocycles. The van der Waals surface area contributed by atoms with E-state index in [-0.39, 0.29) is 41.8 Å². The summed E-state index contributed by atoms with van der Waals surface area (Å²) in [4.78, 5) is 40.0. The number of benzene rings is 1. The van der Waals surface area contributed by atoms with Crippen LogP contribution in [0.25, 0.3) is 0 Å². The number of carbonyl (C=O) groups is 3. The van der Waals surface area contributed by atoms with Gasteiger partial charge in [-0.1, -0.05) is 26.0 Å². The maximum absolute atomic E-state index is 13.0. The molecule has 1 aromatic heterocycles. The van der Waals surface area contributed by atoms with Crippen molar-refractivity contribution in [3.8, 4) is 5.75 Å². The standard InChI is InChI=1S/C25H35N5O4/c1-16(2)11-12-26-24(33)25(5)15-30-21(23(32)29(25)6)13-20(28-30)22(31)27-14-18-7-9-19(10-8-18)34-17(3)4/h7-10,13,16-17H,11-12,14-15H2,1-6H3,(H,26,33)(H,27,31)/t25-/m0/s1. The summed E-state index contributed by atoms with van der Waals surface area (Å²) in [7, 11) is 1.60. The lowest BCUT2D eigenvalue weighted by Gasteiger charge is -2.40. The third-order valence-corrected chi connectivity index (χ3v) is 5.98. The van der Waals surface area contributed by atoms with E-state index in [4.69, 9.17) is 4.74 Å². The lowest BCUT2D eigenvalue weighted by molar-refractivity contribution is -0.132. The Bertz CT molecular complexity index is 1040. The largest absolute Gasteiger partial charge is 0.491 e. The van der Waals surface area contributed by atoms with E-state index in [1.165, 1.54) is 15.6 Å². The normalized spacial score (nSPS) is 17.6. The molecule has 0 spiro atoms. The lowest BCUT2D eigenvalue weighted by atomic mass is 9.95. The minimum Gasteiger partial charge on any atom is -0.491 e. The first-order valence-corrected chi connectivity index (χ1v) is 11.7. The van der Waals surface area contributed by atoms with Gasteiger partial charge in [-0.2, -0.15) is 5.10 Å². The average molecular weight is 470 g/mol. The number of carbonyl (C=O) groups excluding carboxylic acids is 3. The molecule has 2 aromatic rings. The van der Waals surface area contributed by atoms with E-state index in [1.807, 2.05) is 38.1 Å². The number of nitrogens with zero attached hydrogens (tertiary/aromatic N) is 3. The number of aromatic nitrogens is 2. The Morgan fingerprint density at radius 2 is 1.82 bits per heavy atom. The molecule has 0 saturated carbocycles. The summed E-state index contributed by atoms with van der Waals surface area (Å²) in [6.45, 7) is 10.8. The van der Waals surface area contributed by atoms with Gasteiger partial charge in [-0.15, -0.1) is 0 Å². The second kappa shape index (κ2) is 10.3. The molecule has 184 valence electrons. The third kappa shape index (κ3) is 5.58. The Morgan fingerprint density at radius 1 is 1.15 bits per heavy atom. The van der Waals surface area contributed by atoms with Crippen LogP contribution in [-0.2, 0) is 17.9 Å². The number of rotatable bonds is 9. The van der Waals surface area contributed by atoms with Gasteiger partial charge in [-0.05, 0) is 50.8 Å². The van der Waals surface area contributed by atoms with Crippen LogP contribution in [0.4, 0.5) is 0 Å². The van der Waals surface area contributed by atoms with E-state index in [1.54, 1.807) is 14.0 Å². The van der Waals surface area contributed by atoms with E-state index in [9.17, 15) is 14.4 Å². The Balaban J connectivity index is 1.67. The van der Waals surface area contributed by atoms with Crippen molar-refractivity contribution in [3.05, 3.63) is 47.3 Å². The van der Waals surface area contributed by atoms with Crippen molar-refractivity contribution in [2.24, 2.45) is 5.92 Å². The predicted molar refractivity (Wildman–Crippen MR) is 129 cm³/mol. The molecule has 1 atom stereocenters. The summed E-state index contributed by atoms with van der Waals surface area (Å²) in [5.41, 5.74) is 0.242. The number of nitrogens with one attached hydrogen (secondary N) is 2. The molecule has 2 heterocycles. The second-order valence-corrected chi connectivity index (χ2v) is 9.64. The van der Waals surface area contributed by atoms with Crippen molar-refractivity contribution < 1.29 is 19.1 Å². The van der Waals surface area contributed by atoms with E-state index < -0.39 is 5.54 Å². The molecule has 0 unspecified atom stereocenters. The zero-order chi connectivity index (χ0) is 25.0. The molecule has 0 saturated heterocycles. The number of amides is 3. The van der Waals surface area contributed by atoms with Gasteiger partial charge in [0.05, 0.1) is 12.6 Å². The SMILES string of the molecule is CC(C)CCNC(=O)[C@]1(C)Cn2nc(C(=O)NCc3ccc(OC(C)C)cc3)cc2C(=O)N1C. The fourth-order valence-corrected chi connectivity index (χ4v) is 3.73. The first-order valence-electron chi connectivity index (χ1n) is 11.7. The van der Waals surface area contributed by atoms with Gasteiger partial charge in [0, 0.05) is 26.2 Å². The maximum Gasteiger partial charge on any atom is 0.272 e. The molecule has 1 aliphatic rings. The molecule has 9 heteroatoms. The van der Waals surface area contributed by atoms with Crippen molar-refractivity contribution in [1.82, 2.24) is 25.3 Å². The fraction of sp³-hybridized carbons (Fsp3) is 0.520. The van der Waals surface area contributed by atoms with Gasteiger partial charge in [-0.3, -0.25) is 19.1 Å². The molecule has 0 bridgehead atoms. The lowest BCUT2D eigenvalue weighted by Crippen LogP contribution is -2.62. The predicted octanol–water partition coefficient (Wildman–Crippen LogP) is 2.61. The second-order valence-electron chi connectivity index (χ2n) is 9.64. The van der Waals surface area contributed by atoms with Crippen LogP contribution in [0.1, 0.15) is 67.6 Å². The van der Waals surface area contributed by atoms with Crippen LogP contribution < -0.4 is 15.4 Å². The Kier molecular flexibility index (Phi) is 7.64. The van der Waals surface area contributed by atoms with E-state index >= 15 is 0 Å². The molecule has 0 radical (unpaired) electrons. The number of ether oxygens (including phenoxy) is 1. The summed E-state index contributed by atoms with van der Waals surface area (Å²) < 4.78 is 7.09. The average Bonchev–Trinajstić information content (AvgIpc) is 3.20. The maximum atomic E-state index is 13.0. The van der Waals surface area contributed by atoms with Crippen LogP contribution in [0.15, 0.2) is 30.3 Å². The topological polar surface area (TPSA) is 106 Å². The van der Waals surface area contributed by atoms with Gasteiger partial charge in [0.2, 0.25) is 5.91 Å². The van der Waals surface area contributed by atoms with Gasteiger partial charge in [-0.25, -0.2) is 0 Å². The highest BCUT2D eigenvalue weighted by Crippen LogP contribution is 2.26. The highest BCUT2D eigenvalue weighted by molar-refractivity contribution is 6.01. The number of fused-ring (bicyclic) bond motifs is 1. The summed E-state index contributed by atoms with van der Waals surface area (Å²) in [6.07, 6.45) is 0.942. The number of hydrogen-bond acceptors (Lipinski definition) is 5. The summed E-state index contributed by atoms with van der Waals surface area (Å²) in [5.74, 6) is 0.263. The van der Waals surface area contributed by atoms with Crippen LogP contribution in [0, 0.1) is 5.92 Å². The van der Waals surface area contributed by atoms with Crippen LogP contribution in [0.2, 0.25) is 0 Å². The third-order valence-electron chi connectivity index (χ3n) is 5.98. The summed E-state index contributed by atoms with van der Waals surface area (Å²) >= 11 is 0. The molecule has 0 fully saturated rings. The first kappa shape index (κ1) is 25.3. The van der Waals surface area contributed by atoms with Gasteiger partial charge < -0.3 is 20.3 Å². The molecular weight excluding hydrogens is 434 g/mol. The summed E-state index contributed by atoms with van der Waals surface area (Å²) in [6, 6.07) is 8.97. The van der Waals surface area contributed by atoms with Crippen LogP contribution >= 0.6 is 0 Å². The van der Waals surface area contributed by atoms with Crippen molar-refractivity contribution in [2.75, 3.05) is 13.6 Å². The minimum absolute atomic E-state index is 0.0900. The van der Waals surface area contributed by atoms with E-state index in [0.29, 0.717) is 19.0 Å².